The van der Waals surface area contributed by atoms with Gasteiger partial charge in [-0.25, -0.2) is 19.3 Å². The number of aromatic amines is 1. The first-order valence-electron chi connectivity index (χ1n) is 9.60. The number of fused-ring (bicyclic) bond motifs is 1. The summed E-state index contributed by atoms with van der Waals surface area (Å²) >= 11 is 0. The van der Waals surface area contributed by atoms with E-state index in [0.29, 0.717) is 34.0 Å². The van der Waals surface area contributed by atoms with Crippen LogP contribution in [0.15, 0.2) is 85.2 Å². The summed E-state index contributed by atoms with van der Waals surface area (Å²) in [6, 6.07) is 21.1. The minimum atomic E-state index is -0.327. The number of anilines is 1. The fraction of sp³-hybridized carbons (Fsp3) is 0. The number of carbonyl (C=O) groups is 1. The van der Waals surface area contributed by atoms with Crippen molar-refractivity contribution < 1.29 is 9.18 Å². The first kappa shape index (κ1) is 18.6. The van der Waals surface area contributed by atoms with Crippen molar-refractivity contribution >= 4 is 22.6 Å². The Morgan fingerprint density at radius 2 is 1.65 bits per heavy atom. The number of nitrogens with zero attached hydrogens (tertiary/aromatic N) is 3. The van der Waals surface area contributed by atoms with Gasteiger partial charge in [-0.1, -0.05) is 42.5 Å². The van der Waals surface area contributed by atoms with Crippen molar-refractivity contribution in [3.63, 3.8) is 0 Å². The topological polar surface area (TPSA) is 83.6 Å². The molecular weight excluding hydrogens is 393 g/mol. The fourth-order valence-electron chi connectivity index (χ4n) is 3.24. The Labute approximate surface area is 176 Å². The van der Waals surface area contributed by atoms with Gasteiger partial charge in [0.1, 0.15) is 11.6 Å². The van der Waals surface area contributed by atoms with Crippen molar-refractivity contribution in [2.75, 3.05) is 5.32 Å². The normalized spacial score (nSPS) is 10.9. The monoisotopic (exact) mass is 409 g/mol. The third-order valence-electron chi connectivity index (χ3n) is 4.78. The van der Waals surface area contributed by atoms with E-state index in [2.05, 4.69) is 25.3 Å². The van der Waals surface area contributed by atoms with Gasteiger partial charge in [-0.3, -0.25) is 4.79 Å². The van der Waals surface area contributed by atoms with Gasteiger partial charge in [-0.05, 0) is 30.3 Å². The second-order valence-corrected chi connectivity index (χ2v) is 6.94. The number of aromatic nitrogens is 4. The highest BCUT2D eigenvalue weighted by atomic mass is 19.1. The van der Waals surface area contributed by atoms with Gasteiger partial charge in [0.2, 0.25) is 0 Å². The molecule has 0 saturated carbocycles. The zero-order valence-corrected chi connectivity index (χ0v) is 16.2. The first-order valence-corrected chi connectivity index (χ1v) is 9.60. The van der Waals surface area contributed by atoms with Gasteiger partial charge in [-0.15, -0.1) is 0 Å². The third kappa shape index (κ3) is 3.89. The van der Waals surface area contributed by atoms with Crippen molar-refractivity contribution in [2.24, 2.45) is 0 Å². The van der Waals surface area contributed by atoms with Gasteiger partial charge in [0.25, 0.3) is 5.91 Å². The summed E-state index contributed by atoms with van der Waals surface area (Å²) in [5, 5.41) is 2.84. The molecule has 150 valence electrons. The maximum Gasteiger partial charge on any atom is 0.258 e. The largest absolute Gasteiger partial charge is 0.338 e. The summed E-state index contributed by atoms with van der Waals surface area (Å²) in [6.07, 6.45) is 3.00. The zero-order chi connectivity index (χ0) is 21.2. The molecule has 2 aromatic heterocycles. The SMILES string of the molecule is O=C(Nc1ccc2nc(-c3cccc(F)c3)[nH]c2c1)c1cnc(-c2ccccc2)nc1. The number of H-pyrrole nitrogens is 1. The maximum atomic E-state index is 13.5. The lowest BCUT2D eigenvalue weighted by molar-refractivity contribution is 0.102. The molecule has 0 aliphatic heterocycles. The molecule has 0 spiro atoms. The van der Waals surface area contributed by atoms with Gasteiger partial charge >= 0.3 is 0 Å². The van der Waals surface area contributed by atoms with E-state index >= 15 is 0 Å². The fourth-order valence-corrected chi connectivity index (χ4v) is 3.24. The maximum absolute atomic E-state index is 13.5. The molecule has 0 aliphatic carbocycles. The third-order valence-corrected chi connectivity index (χ3v) is 4.78. The van der Waals surface area contributed by atoms with Gasteiger partial charge in [0, 0.05) is 29.2 Å². The Kier molecular flexibility index (Phi) is 4.68. The molecule has 5 rings (SSSR count). The highest BCUT2D eigenvalue weighted by molar-refractivity contribution is 6.04. The van der Waals surface area contributed by atoms with Crippen LogP contribution in [-0.4, -0.2) is 25.8 Å². The molecule has 3 aromatic carbocycles. The molecular formula is C24H16FN5O. The molecule has 31 heavy (non-hydrogen) atoms. The number of halogens is 1. The molecule has 0 saturated heterocycles. The van der Waals surface area contributed by atoms with Gasteiger partial charge in [-0.2, -0.15) is 0 Å². The molecule has 0 atom stereocenters. The Hall–Kier alpha value is -4.39. The van der Waals surface area contributed by atoms with Crippen LogP contribution in [0.4, 0.5) is 10.1 Å². The number of nitrogens with one attached hydrogen (secondary N) is 2. The standard InChI is InChI=1S/C24H16FN5O/c25-18-8-4-7-16(11-18)23-29-20-10-9-19(12-21(20)30-23)28-24(31)17-13-26-22(27-14-17)15-5-2-1-3-6-15/h1-14H,(H,28,31)(H,29,30). The van der Waals surface area contributed by atoms with E-state index in [9.17, 15) is 9.18 Å². The van der Waals surface area contributed by atoms with E-state index < -0.39 is 0 Å². The molecule has 0 unspecified atom stereocenters. The molecule has 6 nitrogen and oxygen atoms in total. The molecule has 5 aromatic rings. The predicted molar refractivity (Wildman–Crippen MR) is 117 cm³/mol. The summed E-state index contributed by atoms with van der Waals surface area (Å²) in [6.45, 7) is 0. The second kappa shape index (κ2) is 7.79. The Morgan fingerprint density at radius 3 is 2.42 bits per heavy atom. The molecule has 0 fully saturated rings. The molecule has 0 aliphatic rings. The summed E-state index contributed by atoms with van der Waals surface area (Å²) in [5.74, 6) is 0.471. The van der Waals surface area contributed by atoms with Crippen LogP contribution < -0.4 is 5.32 Å². The second-order valence-electron chi connectivity index (χ2n) is 6.94. The molecule has 7 heteroatoms. The minimum Gasteiger partial charge on any atom is -0.338 e. The average Bonchev–Trinajstić information content (AvgIpc) is 3.23. The lowest BCUT2D eigenvalue weighted by Gasteiger charge is -2.05. The molecule has 0 radical (unpaired) electrons. The predicted octanol–water partition coefficient (Wildman–Crippen LogP) is 5.08. The number of imidazole rings is 1. The van der Waals surface area contributed by atoms with Crippen molar-refractivity contribution in [3.8, 4) is 22.8 Å². The van der Waals surface area contributed by atoms with E-state index in [1.165, 1.54) is 24.5 Å². The number of amides is 1. The van der Waals surface area contributed by atoms with Crippen LogP contribution in [0.25, 0.3) is 33.8 Å². The van der Waals surface area contributed by atoms with E-state index in [-0.39, 0.29) is 11.7 Å². The quantitative estimate of drug-likeness (QED) is 0.434. The molecule has 0 bridgehead atoms. The minimum absolute atomic E-state index is 0.316. The Balaban J connectivity index is 1.35. The van der Waals surface area contributed by atoms with Crippen LogP contribution in [0.2, 0.25) is 0 Å². The summed E-state index contributed by atoms with van der Waals surface area (Å²) < 4.78 is 13.5. The lowest BCUT2D eigenvalue weighted by Crippen LogP contribution is -2.12. The number of rotatable bonds is 4. The highest BCUT2D eigenvalue weighted by Gasteiger charge is 2.11. The lowest BCUT2D eigenvalue weighted by atomic mass is 10.2. The van der Waals surface area contributed by atoms with Crippen LogP contribution in [0, 0.1) is 5.82 Å². The van der Waals surface area contributed by atoms with E-state index in [1.807, 2.05) is 30.3 Å². The molecule has 1 amide bonds. The van der Waals surface area contributed by atoms with E-state index in [1.54, 1.807) is 30.3 Å². The Bertz CT molecular complexity index is 1380. The average molecular weight is 409 g/mol. The molecule has 2 N–H and O–H groups in total. The number of carbonyl (C=O) groups excluding carboxylic acids is 1. The van der Waals surface area contributed by atoms with Crippen LogP contribution in [0.1, 0.15) is 10.4 Å². The zero-order valence-electron chi connectivity index (χ0n) is 16.2. The highest BCUT2D eigenvalue weighted by Crippen LogP contribution is 2.24. The van der Waals surface area contributed by atoms with Crippen molar-refractivity contribution in [1.82, 2.24) is 19.9 Å². The van der Waals surface area contributed by atoms with Gasteiger partial charge in [0.15, 0.2) is 5.82 Å². The summed E-state index contributed by atoms with van der Waals surface area (Å²) in [5.41, 5.74) is 3.93. The smallest absolute Gasteiger partial charge is 0.258 e. The van der Waals surface area contributed by atoms with Crippen LogP contribution in [0.5, 0.6) is 0 Å². The Morgan fingerprint density at radius 1 is 0.871 bits per heavy atom. The van der Waals surface area contributed by atoms with Crippen LogP contribution >= 0.6 is 0 Å². The number of benzene rings is 3. The summed E-state index contributed by atoms with van der Waals surface area (Å²) in [4.78, 5) is 28.8. The van der Waals surface area contributed by atoms with Gasteiger partial charge < -0.3 is 10.3 Å². The van der Waals surface area contributed by atoms with E-state index in [0.717, 1.165) is 11.1 Å². The van der Waals surface area contributed by atoms with Crippen LogP contribution in [0.3, 0.4) is 0 Å². The van der Waals surface area contributed by atoms with Crippen molar-refractivity contribution in [2.45, 2.75) is 0 Å². The van der Waals surface area contributed by atoms with Crippen molar-refractivity contribution in [3.05, 3.63) is 96.6 Å². The van der Waals surface area contributed by atoms with Crippen LogP contribution in [-0.2, 0) is 0 Å². The van der Waals surface area contributed by atoms with Crippen molar-refractivity contribution in [1.29, 1.82) is 0 Å². The first-order chi connectivity index (χ1) is 15.2. The molecule has 2 heterocycles. The van der Waals surface area contributed by atoms with Gasteiger partial charge in [0.05, 0.1) is 16.6 Å². The summed E-state index contributed by atoms with van der Waals surface area (Å²) in [7, 11) is 0. The number of hydrogen-bond donors (Lipinski definition) is 2. The number of hydrogen-bond acceptors (Lipinski definition) is 4. The van der Waals surface area contributed by atoms with E-state index in [4.69, 9.17) is 0 Å².